The van der Waals surface area contributed by atoms with Crippen molar-refractivity contribution in [1.29, 1.82) is 0 Å². The first-order chi connectivity index (χ1) is 7.42. The van der Waals surface area contributed by atoms with Gasteiger partial charge in [-0.3, -0.25) is 0 Å². The van der Waals surface area contributed by atoms with E-state index in [4.69, 9.17) is 0 Å². The highest BCUT2D eigenvalue weighted by Gasteiger charge is 2.28. The van der Waals surface area contributed by atoms with Crippen LogP contribution in [-0.4, -0.2) is 32.8 Å². The van der Waals surface area contributed by atoms with Gasteiger partial charge in [-0.25, -0.2) is 13.1 Å². The van der Waals surface area contributed by atoms with Crippen LogP contribution in [0, 0.1) is 5.92 Å². The summed E-state index contributed by atoms with van der Waals surface area (Å²) in [6.45, 7) is 7.67. The summed E-state index contributed by atoms with van der Waals surface area (Å²) in [5.41, 5.74) is 0. The standard InChI is InChI=1S/C11H24N2O2S/c1-9(2)7-10(3)13-16(14,15)11-5-4-6-12-8-11/h9-13H,4-8H2,1-3H3. The van der Waals surface area contributed by atoms with Gasteiger partial charge in [0.2, 0.25) is 10.0 Å². The lowest BCUT2D eigenvalue weighted by Crippen LogP contribution is -2.46. The third-order valence-corrected chi connectivity index (χ3v) is 4.89. The number of rotatable bonds is 5. The Kier molecular flexibility index (Phi) is 5.21. The predicted octanol–water partition coefficient (Wildman–Crippen LogP) is 1.09. The van der Waals surface area contributed by atoms with E-state index in [9.17, 15) is 8.42 Å². The van der Waals surface area contributed by atoms with Gasteiger partial charge in [-0.1, -0.05) is 13.8 Å². The predicted molar refractivity (Wildman–Crippen MR) is 66.9 cm³/mol. The quantitative estimate of drug-likeness (QED) is 0.766. The first kappa shape index (κ1) is 13.9. The molecule has 0 radical (unpaired) electrons. The number of nitrogens with one attached hydrogen (secondary N) is 2. The minimum absolute atomic E-state index is 0.0342. The Morgan fingerprint density at radius 3 is 2.56 bits per heavy atom. The molecule has 16 heavy (non-hydrogen) atoms. The van der Waals surface area contributed by atoms with Gasteiger partial charge in [0.1, 0.15) is 0 Å². The van der Waals surface area contributed by atoms with Crippen molar-refractivity contribution in [3.05, 3.63) is 0 Å². The first-order valence-corrected chi connectivity index (χ1v) is 7.68. The van der Waals surface area contributed by atoms with E-state index in [-0.39, 0.29) is 11.3 Å². The van der Waals surface area contributed by atoms with Crippen LogP contribution in [0.4, 0.5) is 0 Å². The van der Waals surface area contributed by atoms with Crippen LogP contribution < -0.4 is 10.0 Å². The van der Waals surface area contributed by atoms with Crippen LogP contribution in [0.15, 0.2) is 0 Å². The Balaban J connectivity index is 2.49. The fourth-order valence-electron chi connectivity index (χ4n) is 2.22. The van der Waals surface area contributed by atoms with Crippen LogP contribution in [0.2, 0.25) is 0 Å². The van der Waals surface area contributed by atoms with Crippen LogP contribution >= 0.6 is 0 Å². The summed E-state index contributed by atoms with van der Waals surface area (Å²) < 4.78 is 26.8. The molecule has 0 amide bonds. The lowest BCUT2D eigenvalue weighted by Gasteiger charge is -2.25. The maximum absolute atomic E-state index is 12.0. The molecule has 2 unspecified atom stereocenters. The Morgan fingerprint density at radius 2 is 2.06 bits per heavy atom. The zero-order chi connectivity index (χ0) is 12.2. The van der Waals surface area contributed by atoms with E-state index >= 15 is 0 Å². The SMILES string of the molecule is CC(C)CC(C)NS(=O)(=O)C1CCCNC1. The molecular weight excluding hydrogens is 224 g/mol. The zero-order valence-electron chi connectivity index (χ0n) is 10.5. The van der Waals surface area contributed by atoms with Crippen molar-refractivity contribution in [2.75, 3.05) is 13.1 Å². The van der Waals surface area contributed by atoms with E-state index in [0.29, 0.717) is 12.5 Å². The van der Waals surface area contributed by atoms with E-state index in [1.165, 1.54) is 0 Å². The van der Waals surface area contributed by atoms with E-state index < -0.39 is 10.0 Å². The molecule has 1 heterocycles. The number of sulfonamides is 1. The minimum atomic E-state index is -3.14. The van der Waals surface area contributed by atoms with Gasteiger partial charge in [-0.2, -0.15) is 0 Å². The fourth-order valence-corrected chi connectivity index (χ4v) is 3.88. The molecule has 2 N–H and O–H groups in total. The topological polar surface area (TPSA) is 58.2 Å². The van der Waals surface area contributed by atoms with E-state index in [1.54, 1.807) is 0 Å². The zero-order valence-corrected chi connectivity index (χ0v) is 11.3. The van der Waals surface area contributed by atoms with E-state index in [2.05, 4.69) is 23.9 Å². The highest BCUT2D eigenvalue weighted by molar-refractivity contribution is 7.90. The summed E-state index contributed by atoms with van der Waals surface area (Å²) in [5.74, 6) is 0.516. The molecule has 1 aliphatic heterocycles. The minimum Gasteiger partial charge on any atom is -0.315 e. The Labute approximate surface area is 99.2 Å². The summed E-state index contributed by atoms with van der Waals surface area (Å²) in [6, 6.07) is 0.0342. The highest BCUT2D eigenvalue weighted by atomic mass is 32.2. The molecular formula is C11H24N2O2S. The summed E-state index contributed by atoms with van der Waals surface area (Å²) >= 11 is 0. The summed E-state index contributed by atoms with van der Waals surface area (Å²) in [5, 5.41) is 2.88. The largest absolute Gasteiger partial charge is 0.315 e. The van der Waals surface area contributed by atoms with Crippen molar-refractivity contribution >= 4 is 10.0 Å². The average Bonchev–Trinajstić information content (AvgIpc) is 2.16. The van der Waals surface area contributed by atoms with Crippen molar-refractivity contribution in [3.63, 3.8) is 0 Å². The van der Waals surface area contributed by atoms with Crippen molar-refractivity contribution in [3.8, 4) is 0 Å². The summed E-state index contributed by atoms with van der Waals surface area (Å²) in [6.07, 6.45) is 2.61. The molecule has 1 fully saturated rings. The normalized spacial score (nSPS) is 24.6. The van der Waals surface area contributed by atoms with Crippen molar-refractivity contribution in [2.45, 2.75) is 51.3 Å². The maximum atomic E-state index is 12.0. The first-order valence-electron chi connectivity index (χ1n) is 6.13. The monoisotopic (exact) mass is 248 g/mol. The smallest absolute Gasteiger partial charge is 0.215 e. The number of hydrogen-bond acceptors (Lipinski definition) is 3. The summed E-state index contributed by atoms with van der Waals surface area (Å²) in [4.78, 5) is 0. The van der Waals surface area contributed by atoms with Gasteiger partial charge in [0, 0.05) is 12.6 Å². The molecule has 0 bridgehead atoms. The van der Waals surface area contributed by atoms with Gasteiger partial charge in [-0.05, 0) is 38.6 Å². The lowest BCUT2D eigenvalue weighted by molar-refractivity contribution is 0.459. The average molecular weight is 248 g/mol. The molecule has 2 atom stereocenters. The lowest BCUT2D eigenvalue weighted by atomic mass is 10.1. The van der Waals surface area contributed by atoms with Crippen molar-refractivity contribution in [1.82, 2.24) is 10.0 Å². The molecule has 1 saturated heterocycles. The van der Waals surface area contributed by atoms with Crippen molar-refractivity contribution in [2.24, 2.45) is 5.92 Å². The third kappa shape index (κ3) is 4.39. The Bertz CT molecular complexity index is 295. The molecule has 4 nitrogen and oxygen atoms in total. The van der Waals surface area contributed by atoms with E-state index in [1.807, 2.05) is 6.92 Å². The van der Waals surface area contributed by atoms with Gasteiger partial charge in [0.15, 0.2) is 0 Å². The highest BCUT2D eigenvalue weighted by Crippen LogP contribution is 2.13. The molecule has 0 spiro atoms. The molecule has 0 aliphatic carbocycles. The Hall–Kier alpha value is -0.130. The summed E-state index contributed by atoms with van der Waals surface area (Å²) in [7, 11) is -3.14. The van der Waals surface area contributed by atoms with Gasteiger partial charge in [-0.15, -0.1) is 0 Å². The molecule has 0 aromatic rings. The van der Waals surface area contributed by atoms with Gasteiger partial charge >= 0.3 is 0 Å². The fraction of sp³-hybridized carbons (Fsp3) is 1.00. The van der Waals surface area contributed by atoms with Crippen molar-refractivity contribution < 1.29 is 8.42 Å². The second kappa shape index (κ2) is 5.98. The molecule has 1 rings (SSSR count). The maximum Gasteiger partial charge on any atom is 0.215 e. The molecule has 1 aliphatic rings. The second-order valence-electron chi connectivity index (χ2n) is 5.16. The Morgan fingerprint density at radius 1 is 1.38 bits per heavy atom. The van der Waals surface area contributed by atoms with Gasteiger partial charge < -0.3 is 5.32 Å². The van der Waals surface area contributed by atoms with Crippen LogP contribution in [0.5, 0.6) is 0 Å². The van der Waals surface area contributed by atoms with Gasteiger partial charge in [0.05, 0.1) is 5.25 Å². The van der Waals surface area contributed by atoms with E-state index in [0.717, 1.165) is 25.8 Å². The number of hydrogen-bond donors (Lipinski definition) is 2. The van der Waals surface area contributed by atoms with Crippen LogP contribution in [0.25, 0.3) is 0 Å². The molecule has 0 aromatic heterocycles. The van der Waals surface area contributed by atoms with Crippen LogP contribution in [0.3, 0.4) is 0 Å². The molecule has 96 valence electrons. The molecule has 0 aromatic carbocycles. The van der Waals surface area contributed by atoms with Crippen LogP contribution in [0.1, 0.15) is 40.0 Å². The molecule has 5 heteroatoms. The molecule has 0 saturated carbocycles. The third-order valence-electron chi connectivity index (χ3n) is 2.88. The number of piperidine rings is 1. The van der Waals surface area contributed by atoms with Crippen LogP contribution in [-0.2, 0) is 10.0 Å². The van der Waals surface area contributed by atoms with Gasteiger partial charge in [0.25, 0.3) is 0 Å². The second-order valence-corrected chi connectivity index (χ2v) is 7.15.